The van der Waals surface area contributed by atoms with Crippen LogP contribution in [-0.2, 0) is 4.74 Å². The minimum atomic E-state index is -0.632. The summed E-state index contributed by atoms with van der Waals surface area (Å²) in [5.74, 6) is 1.58. The Morgan fingerprint density at radius 2 is 1.76 bits per heavy atom. The second-order valence-corrected chi connectivity index (χ2v) is 6.40. The van der Waals surface area contributed by atoms with Crippen LogP contribution in [0.3, 0.4) is 0 Å². The van der Waals surface area contributed by atoms with Gasteiger partial charge in [0.1, 0.15) is 11.4 Å². The van der Waals surface area contributed by atoms with Crippen molar-refractivity contribution in [3.05, 3.63) is 29.8 Å². The number of benzene rings is 1. The van der Waals surface area contributed by atoms with E-state index < -0.39 is 5.60 Å². The predicted octanol–water partition coefficient (Wildman–Crippen LogP) is 4.25. The van der Waals surface area contributed by atoms with Crippen LogP contribution in [0.4, 0.5) is 0 Å². The van der Waals surface area contributed by atoms with Crippen LogP contribution >= 0.6 is 0 Å². The van der Waals surface area contributed by atoms with Crippen molar-refractivity contribution in [1.82, 2.24) is 0 Å². The number of methoxy groups -OCH3 is 1. The Morgan fingerprint density at radius 1 is 1.19 bits per heavy atom. The number of Topliss-reactive ketones (excluding diaryl/α,β-unsaturated/α-hetero) is 1. The Bertz CT molecular complexity index is 468. The molecule has 1 aliphatic rings. The van der Waals surface area contributed by atoms with Crippen molar-refractivity contribution >= 4 is 5.78 Å². The summed E-state index contributed by atoms with van der Waals surface area (Å²) in [5.41, 5.74) is 0.0786. The zero-order valence-corrected chi connectivity index (χ0v) is 13.5. The molecule has 2 rings (SSSR count). The van der Waals surface area contributed by atoms with Gasteiger partial charge in [0.05, 0.1) is 6.10 Å². The summed E-state index contributed by atoms with van der Waals surface area (Å²) in [4.78, 5) is 12.8. The summed E-state index contributed by atoms with van der Waals surface area (Å²) in [5, 5.41) is 0. The lowest BCUT2D eigenvalue weighted by Gasteiger charge is -2.37. The average Bonchev–Trinajstić information content (AvgIpc) is 2.48. The van der Waals surface area contributed by atoms with Gasteiger partial charge in [0.2, 0.25) is 0 Å². The summed E-state index contributed by atoms with van der Waals surface area (Å²) in [7, 11) is 1.66. The van der Waals surface area contributed by atoms with Gasteiger partial charge in [0.25, 0.3) is 0 Å². The van der Waals surface area contributed by atoms with Crippen LogP contribution in [-0.4, -0.2) is 24.6 Å². The summed E-state index contributed by atoms with van der Waals surface area (Å²) in [6.07, 6.45) is 3.86. The monoisotopic (exact) mass is 290 g/mol. The first kappa shape index (κ1) is 16.0. The lowest BCUT2D eigenvalue weighted by molar-refractivity contribution is -0.0263. The summed E-state index contributed by atoms with van der Waals surface area (Å²) < 4.78 is 11.3. The highest BCUT2D eigenvalue weighted by molar-refractivity contribution is 6.02. The number of carbonyl (C=O) groups is 1. The highest BCUT2D eigenvalue weighted by Crippen LogP contribution is 2.37. The van der Waals surface area contributed by atoms with Gasteiger partial charge >= 0.3 is 0 Å². The molecule has 0 saturated heterocycles. The van der Waals surface area contributed by atoms with E-state index in [9.17, 15) is 4.79 Å². The largest absolute Gasteiger partial charge is 0.491 e. The van der Waals surface area contributed by atoms with Crippen molar-refractivity contribution in [2.24, 2.45) is 5.92 Å². The molecular formula is C18H26O3. The molecule has 1 aromatic carbocycles. The fourth-order valence-corrected chi connectivity index (χ4v) is 2.97. The Balaban J connectivity index is 2.14. The van der Waals surface area contributed by atoms with E-state index in [4.69, 9.17) is 9.47 Å². The number of carbonyl (C=O) groups excluding carboxylic acids is 1. The molecule has 0 aromatic heterocycles. The number of ketones is 1. The Hall–Kier alpha value is -1.35. The highest BCUT2D eigenvalue weighted by atomic mass is 16.5. The zero-order chi connectivity index (χ0) is 15.5. The average molecular weight is 290 g/mol. The fourth-order valence-electron chi connectivity index (χ4n) is 2.97. The quantitative estimate of drug-likeness (QED) is 0.760. The third-order valence-electron chi connectivity index (χ3n) is 4.37. The smallest absolute Gasteiger partial charge is 0.194 e. The van der Waals surface area contributed by atoms with Gasteiger partial charge < -0.3 is 9.47 Å². The van der Waals surface area contributed by atoms with Gasteiger partial charge in [0, 0.05) is 12.7 Å². The second-order valence-electron chi connectivity index (χ2n) is 6.40. The van der Waals surface area contributed by atoms with Crippen LogP contribution < -0.4 is 4.74 Å². The molecule has 1 aliphatic carbocycles. The van der Waals surface area contributed by atoms with E-state index in [1.54, 1.807) is 7.11 Å². The highest BCUT2D eigenvalue weighted by Gasteiger charge is 2.41. The molecule has 3 heteroatoms. The van der Waals surface area contributed by atoms with E-state index >= 15 is 0 Å². The predicted molar refractivity (Wildman–Crippen MR) is 83.9 cm³/mol. The van der Waals surface area contributed by atoms with E-state index in [1.807, 2.05) is 38.1 Å². The molecule has 0 aliphatic heterocycles. The molecule has 0 radical (unpaired) electrons. The normalized spacial score (nSPS) is 25.9. The van der Waals surface area contributed by atoms with Crippen LogP contribution in [0.2, 0.25) is 0 Å². The van der Waals surface area contributed by atoms with Gasteiger partial charge in [-0.3, -0.25) is 4.79 Å². The molecule has 1 aromatic rings. The van der Waals surface area contributed by atoms with Gasteiger partial charge in [0.15, 0.2) is 5.78 Å². The van der Waals surface area contributed by atoms with Gasteiger partial charge in [-0.25, -0.2) is 0 Å². The van der Waals surface area contributed by atoms with Crippen LogP contribution in [0.5, 0.6) is 5.75 Å². The molecular weight excluding hydrogens is 264 g/mol. The molecule has 21 heavy (non-hydrogen) atoms. The number of rotatable bonds is 5. The number of hydrogen-bond donors (Lipinski definition) is 0. The maximum absolute atomic E-state index is 12.8. The van der Waals surface area contributed by atoms with E-state index in [-0.39, 0.29) is 11.9 Å². The van der Waals surface area contributed by atoms with Crippen LogP contribution in [0.15, 0.2) is 24.3 Å². The molecule has 0 bridgehead atoms. The maximum atomic E-state index is 12.8. The molecule has 0 atom stereocenters. The lowest BCUT2D eigenvalue weighted by atomic mass is 9.75. The minimum absolute atomic E-state index is 0.105. The third kappa shape index (κ3) is 3.65. The first-order chi connectivity index (χ1) is 9.97. The zero-order valence-electron chi connectivity index (χ0n) is 13.5. The van der Waals surface area contributed by atoms with Crippen molar-refractivity contribution < 1.29 is 14.3 Å². The first-order valence-corrected chi connectivity index (χ1v) is 7.83. The van der Waals surface area contributed by atoms with Crippen LogP contribution in [0, 0.1) is 5.92 Å². The first-order valence-electron chi connectivity index (χ1n) is 7.83. The van der Waals surface area contributed by atoms with Crippen LogP contribution in [0.1, 0.15) is 56.8 Å². The van der Waals surface area contributed by atoms with Crippen molar-refractivity contribution in [3.63, 3.8) is 0 Å². The molecule has 3 nitrogen and oxygen atoms in total. The minimum Gasteiger partial charge on any atom is -0.491 e. The van der Waals surface area contributed by atoms with Crippen molar-refractivity contribution in [1.29, 1.82) is 0 Å². The number of ether oxygens (including phenoxy) is 2. The number of hydrogen-bond acceptors (Lipinski definition) is 3. The Morgan fingerprint density at radius 3 is 2.24 bits per heavy atom. The molecule has 0 heterocycles. The Labute approximate surface area is 127 Å². The van der Waals surface area contributed by atoms with Crippen LogP contribution in [0.25, 0.3) is 0 Å². The third-order valence-corrected chi connectivity index (χ3v) is 4.37. The van der Waals surface area contributed by atoms with Crippen molar-refractivity contribution in [3.8, 4) is 5.75 Å². The molecule has 0 unspecified atom stereocenters. The molecule has 0 N–H and O–H groups in total. The topological polar surface area (TPSA) is 35.5 Å². The van der Waals surface area contributed by atoms with Crippen molar-refractivity contribution in [2.45, 2.75) is 58.2 Å². The van der Waals surface area contributed by atoms with E-state index in [0.29, 0.717) is 11.5 Å². The van der Waals surface area contributed by atoms with Gasteiger partial charge in [-0.15, -0.1) is 0 Å². The van der Waals surface area contributed by atoms with Gasteiger partial charge in [-0.2, -0.15) is 0 Å². The van der Waals surface area contributed by atoms with E-state index in [0.717, 1.165) is 31.4 Å². The molecule has 1 fully saturated rings. The lowest BCUT2D eigenvalue weighted by Crippen LogP contribution is -2.43. The molecule has 1 saturated carbocycles. The SMILES string of the molecule is COC1(C(=O)c2ccc(OC(C)C)cc2)CCC(C)CC1. The van der Waals surface area contributed by atoms with Crippen molar-refractivity contribution in [2.75, 3.05) is 7.11 Å². The summed E-state index contributed by atoms with van der Waals surface area (Å²) >= 11 is 0. The van der Waals surface area contributed by atoms with E-state index in [2.05, 4.69) is 6.92 Å². The fraction of sp³-hybridized carbons (Fsp3) is 0.611. The van der Waals surface area contributed by atoms with Gasteiger partial charge in [-0.1, -0.05) is 6.92 Å². The molecule has 0 amide bonds. The van der Waals surface area contributed by atoms with Gasteiger partial charge in [-0.05, 0) is 69.7 Å². The summed E-state index contributed by atoms with van der Waals surface area (Å²) in [6.45, 7) is 6.21. The molecule has 0 spiro atoms. The maximum Gasteiger partial charge on any atom is 0.194 e. The second kappa shape index (κ2) is 6.61. The Kier molecular flexibility index (Phi) is 5.04. The summed E-state index contributed by atoms with van der Waals surface area (Å²) in [6, 6.07) is 7.42. The van der Waals surface area contributed by atoms with E-state index in [1.165, 1.54) is 0 Å². The standard InChI is InChI=1S/C18H26O3/c1-13(2)21-16-7-5-15(6-8-16)17(19)18(20-4)11-9-14(3)10-12-18/h5-8,13-14H,9-12H2,1-4H3. The molecule has 116 valence electrons.